The molecule has 0 amide bonds. The number of benzene rings is 3. The largest absolute Gasteiger partial charge is 0.289 e. The van der Waals surface area contributed by atoms with Gasteiger partial charge in [-0.2, -0.15) is 0 Å². The van der Waals surface area contributed by atoms with Crippen LogP contribution >= 0.6 is 0 Å². The third-order valence-corrected chi connectivity index (χ3v) is 5.07. The SMILES string of the molecule is Bc1ccc2c(c1)c(=O)c1cc3c(cc12)c(=O)c1cc(C)ccc13. The molecule has 0 aromatic heterocycles. The zero-order valence-corrected chi connectivity index (χ0v) is 13.4. The Morgan fingerprint density at radius 3 is 1.71 bits per heavy atom. The van der Waals surface area contributed by atoms with Crippen molar-refractivity contribution in [3.05, 3.63) is 74.5 Å². The van der Waals surface area contributed by atoms with Crippen molar-refractivity contribution in [3.8, 4) is 0 Å². The molecule has 2 nitrogen and oxygen atoms in total. The first-order chi connectivity index (χ1) is 11.5. The highest BCUT2D eigenvalue weighted by Crippen LogP contribution is 2.31. The highest BCUT2D eigenvalue weighted by Gasteiger charge is 2.16. The molecule has 0 heterocycles. The molecule has 3 heteroatoms. The molecule has 0 N–H and O–H groups in total. The Balaban J connectivity index is 2.08. The summed E-state index contributed by atoms with van der Waals surface area (Å²) in [6.07, 6.45) is 0. The highest BCUT2D eigenvalue weighted by molar-refractivity contribution is 6.34. The van der Waals surface area contributed by atoms with E-state index < -0.39 is 0 Å². The standard InChI is InChI=1S/C21H13BO2/c1-10-2-4-12-14-8-19-15(9-18(14)20(23)16(12)6-10)13-5-3-11(22)7-17(13)21(19)24/h2-9H,22H2,1H3. The quantitative estimate of drug-likeness (QED) is 0.412. The minimum atomic E-state index is 0.0551. The second-order valence-corrected chi connectivity index (χ2v) is 6.70. The Kier molecular flexibility index (Phi) is 2.43. The Morgan fingerprint density at radius 2 is 1.08 bits per heavy atom. The molecule has 0 fully saturated rings. The Morgan fingerprint density at radius 1 is 0.583 bits per heavy atom. The zero-order valence-electron chi connectivity index (χ0n) is 13.4. The Labute approximate surface area is 138 Å². The van der Waals surface area contributed by atoms with Gasteiger partial charge < -0.3 is 0 Å². The number of fused-ring (bicyclic) bond motifs is 6. The van der Waals surface area contributed by atoms with Crippen LogP contribution in [0.2, 0.25) is 0 Å². The predicted molar refractivity (Wildman–Crippen MR) is 104 cm³/mol. The average Bonchev–Trinajstić information content (AvgIpc) is 2.99. The molecule has 0 saturated carbocycles. The van der Waals surface area contributed by atoms with Crippen LogP contribution in [0, 0.1) is 6.92 Å². The van der Waals surface area contributed by atoms with Crippen LogP contribution in [0.25, 0.3) is 43.1 Å². The molecule has 112 valence electrons. The molecule has 0 aliphatic rings. The summed E-state index contributed by atoms with van der Waals surface area (Å²) in [6, 6.07) is 15.7. The first-order valence-electron chi connectivity index (χ1n) is 8.04. The van der Waals surface area contributed by atoms with Crippen molar-refractivity contribution >= 4 is 56.4 Å². The van der Waals surface area contributed by atoms with Gasteiger partial charge in [-0.3, -0.25) is 9.59 Å². The van der Waals surface area contributed by atoms with E-state index in [1.54, 1.807) is 0 Å². The topological polar surface area (TPSA) is 34.1 Å². The van der Waals surface area contributed by atoms with E-state index in [2.05, 4.69) is 0 Å². The molecule has 24 heavy (non-hydrogen) atoms. The van der Waals surface area contributed by atoms with Crippen molar-refractivity contribution in [1.82, 2.24) is 0 Å². The monoisotopic (exact) mass is 308 g/mol. The Bertz CT molecular complexity index is 1290. The number of hydrogen-bond donors (Lipinski definition) is 0. The van der Waals surface area contributed by atoms with Crippen molar-refractivity contribution in [2.24, 2.45) is 0 Å². The van der Waals surface area contributed by atoms with Gasteiger partial charge in [0.25, 0.3) is 0 Å². The van der Waals surface area contributed by atoms with Crippen LogP contribution in [0.3, 0.4) is 0 Å². The van der Waals surface area contributed by atoms with Crippen LogP contribution in [0.4, 0.5) is 0 Å². The van der Waals surface area contributed by atoms with Crippen LogP contribution in [0.15, 0.2) is 58.1 Å². The number of hydrogen-bond acceptors (Lipinski definition) is 2. The molecule has 0 unspecified atom stereocenters. The van der Waals surface area contributed by atoms with Crippen molar-refractivity contribution in [2.45, 2.75) is 6.92 Å². The first kappa shape index (κ1) is 13.5. The molecule has 0 atom stereocenters. The number of rotatable bonds is 0. The predicted octanol–water partition coefficient (Wildman–Crippen LogP) is 2.46. The summed E-state index contributed by atoms with van der Waals surface area (Å²) in [4.78, 5) is 25.6. The second kappa shape index (κ2) is 4.32. The third-order valence-electron chi connectivity index (χ3n) is 5.07. The smallest absolute Gasteiger partial charge is 0.194 e. The fourth-order valence-corrected chi connectivity index (χ4v) is 3.87. The maximum atomic E-state index is 12.8. The molecule has 5 rings (SSSR count). The molecule has 5 aromatic rings. The molecule has 0 radical (unpaired) electrons. The van der Waals surface area contributed by atoms with Crippen LogP contribution < -0.4 is 16.3 Å². The Hall–Kier alpha value is -2.94. The van der Waals surface area contributed by atoms with Crippen molar-refractivity contribution in [1.29, 1.82) is 0 Å². The van der Waals surface area contributed by atoms with Crippen LogP contribution in [0.5, 0.6) is 0 Å². The average molecular weight is 308 g/mol. The lowest BCUT2D eigenvalue weighted by Crippen LogP contribution is -2.03. The summed E-state index contributed by atoms with van der Waals surface area (Å²) < 4.78 is 0. The maximum Gasteiger partial charge on any atom is 0.194 e. The molecular weight excluding hydrogens is 295 g/mol. The van der Waals surface area contributed by atoms with E-state index in [-0.39, 0.29) is 10.9 Å². The van der Waals surface area contributed by atoms with E-state index in [1.165, 1.54) is 0 Å². The number of aryl methyl sites for hydroxylation is 1. The van der Waals surface area contributed by atoms with E-state index in [1.807, 2.05) is 63.3 Å². The minimum Gasteiger partial charge on any atom is -0.289 e. The summed E-state index contributed by atoms with van der Waals surface area (Å²) >= 11 is 0. The van der Waals surface area contributed by atoms with E-state index in [9.17, 15) is 9.59 Å². The van der Waals surface area contributed by atoms with Gasteiger partial charge in [-0.25, -0.2) is 0 Å². The van der Waals surface area contributed by atoms with Crippen molar-refractivity contribution in [2.75, 3.05) is 0 Å². The molecule has 5 aromatic carbocycles. The maximum absolute atomic E-state index is 12.8. The van der Waals surface area contributed by atoms with Gasteiger partial charge in [-0.05, 0) is 46.7 Å². The lowest BCUT2D eigenvalue weighted by molar-refractivity contribution is 1.51. The van der Waals surface area contributed by atoms with Crippen LogP contribution in [0.1, 0.15) is 5.56 Å². The van der Waals surface area contributed by atoms with E-state index in [0.717, 1.165) is 43.3 Å². The van der Waals surface area contributed by atoms with Gasteiger partial charge in [-0.1, -0.05) is 41.4 Å². The fraction of sp³-hybridized carbons (Fsp3) is 0.0476. The van der Waals surface area contributed by atoms with E-state index in [0.29, 0.717) is 10.8 Å². The molecule has 0 bridgehead atoms. The normalized spacial score (nSPS) is 12.0. The summed E-state index contributed by atoms with van der Waals surface area (Å²) in [6.45, 7) is 1.98. The van der Waals surface area contributed by atoms with Gasteiger partial charge in [0.05, 0.1) is 0 Å². The summed E-state index contributed by atoms with van der Waals surface area (Å²) in [5, 5.41) is 6.52. The molecule has 0 spiro atoms. The second-order valence-electron chi connectivity index (χ2n) is 6.70. The van der Waals surface area contributed by atoms with Gasteiger partial charge in [0.2, 0.25) is 0 Å². The molecule has 0 aliphatic carbocycles. The molecular formula is C21H13BO2. The van der Waals surface area contributed by atoms with Gasteiger partial charge >= 0.3 is 0 Å². The van der Waals surface area contributed by atoms with Gasteiger partial charge in [-0.15, -0.1) is 0 Å². The highest BCUT2D eigenvalue weighted by atomic mass is 16.1. The first-order valence-corrected chi connectivity index (χ1v) is 8.04. The summed E-state index contributed by atoms with van der Waals surface area (Å²) in [5.41, 5.74) is 2.25. The van der Waals surface area contributed by atoms with Crippen molar-refractivity contribution < 1.29 is 0 Å². The molecule has 0 saturated heterocycles. The van der Waals surface area contributed by atoms with Crippen LogP contribution in [-0.4, -0.2) is 7.85 Å². The lowest BCUT2D eigenvalue weighted by atomic mass is 9.94. The van der Waals surface area contributed by atoms with Crippen molar-refractivity contribution in [3.63, 3.8) is 0 Å². The lowest BCUT2D eigenvalue weighted by Gasteiger charge is -1.96. The van der Waals surface area contributed by atoms with Gasteiger partial charge in [0, 0.05) is 21.5 Å². The summed E-state index contributed by atoms with van der Waals surface area (Å²) in [5.74, 6) is 0. The van der Waals surface area contributed by atoms with Crippen LogP contribution in [-0.2, 0) is 0 Å². The zero-order chi connectivity index (χ0) is 16.6. The molecule has 0 aliphatic heterocycles. The van der Waals surface area contributed by atoms with Gasteiger partial charge in [0.1, 0.15) is 7.85 Å². The fourth-order valence-electron chi connectivity index (χ4n) is 3.87. The van der Waals surface area contributed by atoms with E-state index in [4.69, 9.17) is 0 Å². The van der Waals surface area contributed by atoms with Gasteiger partial charge in [0.15, 0.2) is 10.9 Å². The van der Waals surface area contributed by atoms with E-state index >= 15 is 0 Å². The summed E-state index contributed by atoms with van der Waals surface area (Å²) in [7, 11) is 1.98. The minimum absolute atomic E-state index is 0.0551. The third kappa shape index (κ3) is 1.56.